The average Bonchev–Trinajstić information content (AvgIpc) is 2.28. The summed E-state index contributed by atoms with van der Waals surface area (Å²) in [5.41, 5.74) is 7.52. The molecule has 0 unspecified atom stereocenters. The van der Waals surface area contributed by atoms with Crippen molar-refractivity contribution in [3.05, 3.63) is 41.0 Å². The van der Waals surface area contributed by atoms with Gasteiger partial charge < -0.3 is 5.73 Å². The number of nitrogens with two attached hydrogens (primary N) is 1. The zero-order chi connectivity index (χ0) is 12.4. The molecule has 17 heavy (non-hydrogen) atoms. The first-order chi connectivity index (χ1) is 8.08. The fraction of sp³-hybridized carbons (Fsp3) is 0.231. The van der Waals surface area contributed by atoms with Gasteiger partial charge in [-0.05, 0) is 18.1 Å². The van der Waals surface area contributed by atoms with Crippen molar-refractivity contribution in [1.82, 2.24) is 9.97 Å². The van der Waals surface area contributed by atoms with E-state index in [1.54, 1.807) is 6.07 Å². The lowest BCUT2D eigenvalue weighted by atomic mass is 10.1. The van der Waals surface area contributed by atoms with Crippen molar-refractivity contribution in [3.63, 3.8) is 0 Å². The van der Waals surface area contributed by atoms with E-state index in [1.165, 1.54) is 0 Å². The van der Waals surface area contributed by atoms with Gasteiger partial charge in [-0.2, -0.15) is 0 Å². The second kappa shape index (κ2) is 4.72. The van der Waals surface area contributed by atoms with Crippen molar-refractivity contribution in [1.29, 1.82) is 0 Å². The minimum Gasteiger partial charge on any atom is -0.384 e. The Bertz CT molecular complexity index is 538. The molecule has 0 bridgehead atoms. The van der Waals surface area contributed by atoms with Gasteiger partial charge in [-0.3, -0.25) is 0 Å². The highest BCUT2D eigenvalue weighted by molar-refractivity contribution is 6.33. The summed E-state index contributed by atoms with van der Waals surface area (Å²) in [6.07, 6.45) is 0. The smallest absolute Gasteiger partial charge is 0.163 e. The summed E-state index contributed by atoms with van der Waals surface area (Å²) in [6, 6.07) is 9.29. The average molecular weight is 248 g/mol. The van der Waals surface area contributed by atoms with Gasteiger partial charge in [0.2, 0.25) is 0 Å². The number of nitrogens with zero attached hydrogens (tertiary/aromatic N) is 2. The molecule has 88 valence electrons. The fourth-order valence-corrected chi connectivity index (χ4v) is 1.76. The minimum atomic E-state index is 0.307. The van der Waals surface area contributed by atoms with E-state index in [4.69, 9.17) is 17.3 Å². The molecule has 0 atom stereocenters. The molecule has 0 saturated heterocycles. The molecular weight excluding hydrogens is 234 g/mol. The molecular formula is C13H14ClN3. The molecule has 0 aliphatic rings. The number of halogens is 1. The summed E-state index contributed by atoms with van der Waals surface area (Å²) >= 11 is 6.12. The van der Waals surface area contributed by atoms with Crippen molar-refractivity contribution < 1.29 is 0 Å². The lowest BCUT2D eigenvalue weighted by molar-refractivity contribution is 0.818. The zero-order valence-electron chi connectivity index (χ0n) is 9.81. The third kappa shape index (κ3) is 2.56. The van der Waals surface area contributed by atoms with Crippen LogP contribution in [0.2, 0.25) is 5.02 Å². The molecule has 1 aromatic carbocycles. The maximum Gasteiger partial charge on any atom is 0.163 e. The second-order valence-corrected chi connectivity index (χ2v) is 4.58. The summed E-state index contributed by atoms with van der Waals surface area (Å²) in [7, 11) is 0. The quantitative estimate of drug-likeness (QED) is 0.884. The summed E-state index contributed by atoms with van der Waals surface area (Å²) in [4.78, 5) is 8.72. The standard InChI is InChI=1S/C13H14ClN3/c1-8(2)11-7-12(15)17-13(16-11)9-5-3-4-6-10(9)14/h3-8H,1-2H3,(H2,15,16,17). The number of hydrogen-bond donors (Lipinski definition) is 1. The van der Waals surface area contributed by atoms with Crippen LogP contribution in [-0.4, -0.2) is 9.97 Å². The Morgan fingerprint density at radius 1 is 1.18 bits per heavy atom. The third-order valence-electron chi connectivity index (χ3n) is 2.47. The molecule has 2 aromatic rings. The first kappa shape index (κ1) is 11.9. The lowest BCUT2D eigenvalue weighted by Crippen LogP contribution is -2.01. The van der Waals surface area contributed by atoms with Crippen molar-refractivity contribution >= 4 is 17.4 Å². The van der Waals surface area contributed by atoms with Crippen LogP contribution in [0.3, 0.4) is 0 Å². The number of benzene rings is 1. The largest absolute Gasteiger partial charge is 0.384 e. The molecule has 0 aliphatic carbocycles. The normalized spacial score (nSPS) is 10.8. The summed E-state index contributed by atoms with van der Waals surface area (Å²) in [5.74, 6) is 1.36. The number of hydrogen-bond acceptors (Lipinski definition) is 3. The third-order valence-corrected chi connectivity index (χ3v) is 2.80. The molecule has 0 amide bonds. The first-order valence-corrected chi connectivity index (χ1v) is 5.85. The molecule has 0 aliphatic heterocycles. The molecule has 0 spiro atoms. The minimum absolute atomic E-state index is 0.307. The summed E-state index contributed by atoms with van der Waals surface area (Å²) < 4.78 is 0. The predicted molar refractivity (Wildman–Crippen MR) is 71.0 cm³/mol. The van der Waals surface area contributed by atoms with E-state index in [0.29, 0.717) is 22.6 Å². The van der Waals surface area contributed by atoms with Gasteiger partial charge in [-0.25, -0.2) is 9.97 Å². The Labute approximate surface area is 106 Å². The Hall–Kier alpha value is -1.61. The van der Waals surface area contributed by atoms with Crippen LogP contribution in [0.1, 0.15) is 25.5 Å². The molecule has 1 aromatic heterocycles. The number of anilines is 1. The Balaban J connectivity index is 2.56. The van der Waals surface area contributed by atoms with Gasteiger partial charge in [-0.15, -0.1) is 0 Å². The van der Waals surface area contributed by atoms with Gasteiger partial charge in [0.25, 0.3) is 0 Å². The van der Waals surface area contributed by atoms with Gasteiger partial charge in [0.15, 0.2) is 5.82 Å². The molecule has 2 N–H and O–H groups in total. The predicted octanol–water partition coefficient (Wildman–Crippen LogP) is 3.50. The van der Waals surface area contributed by atoms with Gasteiger partial charge >= 0.3 is 0 Å². The maximum absolute atomic E-state index is 6.12. The van der Waals surface area contributed by atoms with E-state index in [1.807, 2.05) is 24.3 Å². The summed E-state index contributed by atoms with van der Waals surface area (Å²) in [6.45, 7) is 4.14. The van der Waals surface area contributed by atoms with Crippen molar-refractivity contribution in [2.24, 2.45) is 0 Å². The highest BCUT2D eigenvalue weighted by Gasteiger charge is 2.10. The molecule has 0 saturated carbocycles. The molecule has 4 heteroatoms. The number of aromatic nitrogens is 2. The maximum atomic E-state index is 6.12. The van der Waals surface area contributed by atoms with Crippen LogP contribution in [0, 0.1) is 0 Å². The van der Waals surface area contributed by atoms with Crippen LogP contribution in [0.25, 0.3) is 11.4 Å². The Morgan fingerprint density at radius 2 is 1.88 bits per heavy atom. The van der Waals surface area contributed by atoms with Crippen LogP contribution < -0.4 is 5.73 Å². The van der Waals surface area contributed by atoms with Crippen molar-refractivity contribution in [2.45, 2.75) is 19.8 Å². The van der Waals surface area contributed by atoms with Crippen molar-refractivity contribution in [3.8, 4) is 11.4 Å². The van der Waals surface area contributed by atoms with Crippen LogP contribution in [0.5, 0.6) is 0 Å². The fourth-order valence-electron chi connectivity index (χ4n) is 1.54. The lowest BCUT2D eigenvalue weighted by Gasteiger charge is -2.09. The van der Waals surface area contributed by atoms with Gasteiger partial charge in [0.05, 0.1) is 5.02 Å². The topological polar surface area (TPSA) is 51.8 Å². The SMILES string of the molecule is CC(C)c1cc(N)nc(-c2ccccc2Cl)n1. The van der Waals surface area contributed by atoms with E-state index in [9.17, 15) is 0 Å². The van der Waals surface area contributed by atoms with E-state index >= 15 is 0 Å². The second-order valence-electron chi connectivity index (χ2n) is 4.18. The molecule has 3 nitrogen and oxygen atoms in total. The van der Waals surface area contributed by atoms with E-state index < -0.39 is 0 Å². The molecule has 0 fully saturated rings. The van der Waals surface area contributed by atoms with Crippen LogP contribution in [-0.2, 0) is 0 Å². The van der Waals surface area contributed by atoms with Crippen LogP contribution in [0.15, 0.2) is 30.3 Å². The molecule has 0 radical (unpaired) electrons. The highest BCUT2D eigenvalue weighted by atomic mass is 35.5. The van der Waals surface area contributed by atoms with E-state index in [2.05, 4.69) is 23.8 Å². The Kier molecular flexibility index (Phi) is 3.29. The van der Waals surface area contributed by atoms with Gasteiger partial charge in [0.1, 0.15) is 5.82 Å². The van der Waals surface area contributed by atoms with Gasteiger partial charge in [-0.1, -0.05) is 37.6 Å². The highest BCUT2D eigenvalue weighted by Crippen LogP contribution is 2.26. The number of nitrogen functional groups attached to an aromatic ring is 1. The Morgan fingerprint density at radius 3 is 2.53 bits per heavy atom. The van der Waals surface area contributed by atoms with Crippen LogP contribution in [0.4, 0.5) is 5.82 Å². The van der Waals surface area contributed by atoms with Crippen LogP contribution >= 0.6 is 11.6 Å². The molecule has 1 heterocycles. The van der Waals surface area contributed by atoms with E-state index in [0.717, 1.165) is 11.3 Å². The summed E-state index contributed by atoms with van der Waals surface area (Å²) in [5, 5.41) is 0.632. The monoisotopic (exact) mass is 247 g/mol. The first-order valence-electron chi connectivity index (χ1n) is 5.47. The molecule has 2 rings (SSSR count). The zero-order valence-corrected chi connectivity index (χ0v) is 10.6. The number of rotatable bonds is 2. The van der Waals surface area contributed by atoms with Crippen molar-refractivity contribution in [2.75, 3.05) is 5.73 Å². The van der Waals surface area contributed by atoms with Gasteiger partial charge in [0, 0.05) is 17.3 Å². The van der Waals surface area contributed by atoms with E-state index in [-0.39, 0.29) is 0 Å².